The largest absolute Gasteiger partial charge is 0.406 e. The van der Waals surface area contributed by atoms with Crippen LogP contribution in [0.1, 0.15) is 22.3 Å². The van der Waals surface area contributed by atoms with E-state index in [1.54, 1.807) is 24.3 Å². The van der Waals surface area contributed by atoms with Gasteiger partial charge in [0.15, 0.2) is 0 Å². The van der Waals surface area contributed by atoms with Crippen LogP contribution in [0.3, 0.4) is 0 Å². The molecule has 1 atom stereocenters. The van der Waals surface area contributed by atoms with Gasteiger partial charge in [-0.3, -0.25) is 9.59 Å². The fraction of sp³-hybridized carbons (Fsp3) is 0.375. The van der Waals surface area contributed by atoms with Gasteiger partial charge in [-0.1, -0.05) is 18.2 Å². The molecule has 1 unspecified atom stereocenters. The number of rotatable bonds is 5. The Morgan fingerprint density at radius 1 is 1.31 bits per heavy atom. The third kappa shape index (κ3) is 4.19. The molecule has 1 fully saturated rings. The predicted octanol–water partition coefficient (Wildman–Crippen LogP) is 1.22. The Bertz CT molecular complexity index is 791. The number of nitrogens with one attached hydrogen (secondary N) is 1. The van der Waals surface area contributed by atoms with Crippen LogP contribution in [-0.2, 0) is 11.3 Å². The summed E-state index contributed by atoms with van der Waals surface area (Å²) in [6, 6.07) is 5.81. The zero-order chi connectivity index (χ0) is 18.7. The maximum absolute atomic E-state index is 12.5. The van der Waals surface area contributed by atoms with Crippen molar-refractivity contribution in [2.24, 2.45) is 0 Å². The summed E-state index contributed by atoms with van der Waals surface area (Å²) in [7, 11) is 0. The second kappa shape index (κ2) is 7.14. The van der Waals surface area contributed by atoms with Crippen LogP contribution in [-0.4, -0.2) is 56.8 Å². The minimum absolute atomic E-state index is 0.0378. The van der Waals surface area contributed by atoms with E-state index in [0.29, 0.717) is 22.6 Å². The summed E-state index contributed by atoms with van der Waals surface area (Å²) < 4.78 is 39.0. The van der Waals surface area contributed by atoms with Crippen molar-refractivity contribution >= 4 is 11.8 Å². The van der Waals surface area contributed by atoms with E-state index in [-0.39, 0.29) is 13.0 Å². The molecule has 0 radical (unpaired) electrons. The van der Waals surface area contributed by atoms with Gasteiger partial charge >= 0.3 is 6.18 Å². The lowest BCUT2D eigenvalue weighted by Crippen LogP contribution is -2.44. The van der Waals surface area contributed by atoms with Crippen molar-refractivity contribution in [2.45, 2.75) is 25.2 Å². The summed E-state index contributed by atoms with van der Waals surface area (Å²) in [4.78, 5) is 29.2. The van der Waals surface area contributed by atoms with Crippen molar-refractivity contribution in [1.82, 2.24) is 25.0 Å². The number of hydrogen-bond donors (Lipinski definition) is 1. The van der Waals surface area contributed by atoms with Gasteiger partial charge in [0.05, 0.1) is 6.54 Å². The number of aromatic nitrogens is 3. The average molecular weight is 367 g/mol. The number of carbonyl (C=O) groups excluding carboxylic acids is 2. The number of nitrogens with zero attached hydrogens (tertiary/aromatic N) is 4. The number of hydrogen-bond acceptors (Lipinski definition) is 4. The van der Waals surface area contributed by atoms with Gasteiger partial charge in [-0.25, -0.2) is 9.67 Å². The molecule has 26 heavy (non-hydrogen) atoms. The highest BCUT2D eigenvalue weighted by Gasteiger charge is 2.39. The van der Waals surface area contributed by atoms with E-state index < -0.39 is 30.6 Å². The molecule has 3 rings (SSSR count). The molecule has 0 saturated carbocycles. The summed E-state index contributed by atoms with van der Waals surface area (Å²) in [5, 5.41) is 6.52. The van der Waals surface area contributed by atoms with E-state index in [2.05, 4.69) is 15.4 Å². The first-order valence-corrected chi connectivity index (χ1v) is 7.90. The topological polar surface area (TPSA) is 80.1 Å². The quantitative estimate of drug-likeness (QED) is 0.862. The average Bonchev–Trinajstić information content (AvgIpc) is 3.19. The standard InChI is InChI=1S/C16H16F3N5O2/c17-16(18,19)8-23-6-5-13(15(23)26)22-14(25)12-4-2-1-3-11(12)7-24-10-20-9-21-24/h1-4,9-10,13H,5-8H2,(H,22,25). The molecule has 1 N–H and O–H groups in total. The van der Waals surface area contributed by atoms with Gasteiger partial charge in [0.1, 0.15) is 25.2 Å². The second-order valence-electron chi connectivity index (χ2n) is 5.94. The van der Waals surface area contributed by atoms with Gasteiger partial charge in [-0.05, 0) is 18.1 Å². The van der Waals surface area contributed by atoms with E-state index in [1.165, 1.54) is 17.3 Å². The Morgan fingerprint density at radius 3 is 2.77 bits per heavy atom. The summed E-state index contributed by atoms with van der Waals surface area (Å²) in [6.07, 6.45) is -1.44. The van der Waals surface area contributed by atoms with Crippen LogP contribution in [0.4, 0.5) is 13.2 Å². The number of carbonyl (C=O) groups is 2. The van der Waals surface area contributed by atoms with Crippen LogP contribution < -0.4 is 5.32 Å². The van der Waals surface area contributed by atoms with Crippen LogP contribution in [0.5, 0.6) is 0 Å². The fourth-order valence-corrected chi connectivity index (χ4v) is 2.85. The molecule has 1 aromatic heterocycles. The molecule has 2 amide bonds. The Hall–Kier alpha value is -2.91. The summed E-state index contributed by atoms with van der Waals surface area (Å²) >= 11 is 0. The van der Waals surface area contributed by atoms with E-state index >= 15 is 0 Å². The molecule has 7 nitrogen and oxygen atoms in total. The molecule has 1 saturated heterocycles. The SMILES string of the molecule is O=C(NC1CCN(CC(F)(F)F)C1=O)c1ccccc1Cn1cncn1. The van der Waals surface area contributed by atoms with Gasteiger partial charge in [-0.2, -0.15) is 18.3 Å². The normalized spacial score (nSPS) is 17.6. The molecule has 10 heteroatoms. The second-order valence-corrected chi connectivity index (χ2v) is 5.94. The lowest BCUT2D eigenvalue weighted by Gasteiger charge is -2.19. The number of alkyl halides is 3. The summed E-state index contributed by atoms with van der Waals surface area (Å²) in [5.74, 6) is -1.22. The third-order valence-corrected chi connectivity index (χ3v) is 4.03. The minimum Gasteiger partial charge on any atom is -0.340 e. The molecule has 1 aromatic carbocycles. The summed E-state index contributed by atoms with van der Waals surface area (Å²) in [6.45, 7) is -1.03. The molecular weight excluding hydrogens is 351 g/mol. The lowest BCUT2D eigenvalue weighted by atomic mass is 10.1. The van der Waals surface area contributed by atoms with Crippen molar-refractivity contribution in [3.63, 3.8) is 0 Å². The smallest absolute Gasteiger partial charge is 0.340 e. The van der Waals surface area contributed by atoms with Gasteiger partial charge < -0.3 is 10.2 Å². The van der Waals surface area contributed by atoms with Crippen molar-refractivity contribution < 1.29 is 22.8 Å². The maximum atomic E-state index is 12.5. The van der Waals surface area contributed by atoms with Crippen LogP contribution in [0, 0.1) is 0 Å². The zero-order valence-corrected chi connectivity index (χ0v) is 13.6. The van der Waals surface area contributed by atoms with E-state index in [9.17, 15) is 22.8 Å². The van der Waals surface area contributed by atoms with Gasteiger partial charge in [0.2, 0.25) is 5.91 Å². The molecular formula is C16H16F3N5O2. The van der Waals surface area contributed by atoms with E-state index in [1.807, 2.05) is 0 Å². The molecule has 1 aliphatic heterocycles. The third-order valence-electron chi connectivity index (χ3n) is 4.03. The first-order chi connectivity index (χ1) is 12.3. The van der Waals surface area contributed by atoms with Crippen LogP contribution in [0.25, 0.3) is 0 Å². The molecule has 0 aliphatic carbocycles. The number of benzene rings is 1. The van der Waals surface area contributed by atoms with Crippen molar-refractivity contribution in [3.8, 4) is 0 Å². The van der Waals surface area contributed by atoms with Crippen LogP contribution in [0.15, 0.2) is 36.9 Å². The lowest BCUT2D eigenvalue weighted by molar-refractivity contribution is -0.157. The van der Waals surface area contributed by atoms with E-state index in [4.69, 9.17) is 0 Å². The van der Waals surface area contributed by atoms with Crippen molar-refractivity contribution in [2.75, 3.05) is 13.1 Å². The Labute approximate surface area is 146 Å². The first-order valence-electron chi connectivity index (χ1n) is 7.90. The Balaban J connectivity index is 1.68. The van der Waals surface area contributed by atoms with Gasteiger partial charge in [0, 0.05) is 12.1 Å². The Kier molecular flexibility index (Phi) is 4.92. The van der Waals surface area contributed by atoms with Crippen molar-refractivity contribution in [3.05, 3.63) is 48.0 Å². The van der Waals surface area contributed by atoms with Crippen LogP contribution >= 0.6 is 0 Å². The van der Waals surface area contributed by atoms with Gasteiger partial charge in [0.25, 0.3) is 5.91 Å². The highest BCUT2D eigenvalue weighted by Crippen LogP contribution is 2.21. The maximum Gasteiger partial charge on any atom is 0.406 e. The molecule has 0 spiro atoms. The predicted molar refractivity (Wildman–Crippen MR) is 84.1 cm³/mol. The fourth-order valence-electron chi connectivity index (χ4n) is 2.85. The highest BCUT2D eigenvalue weighted by molar-refractivity contribution is 5.99. The first kappa shape index (κ1) is 17.9. The van der Waals surface area contributed by atoms with E-state index in [0.717, 1.165) is 0 Å². The zero-order valence-electron chi connectivity index (χ0n) is 13.6. The molecule has 0 bridgehead atoms. The Morgan fingerprint density at radius 2 is 2.08 bits per heavy atom. The summed E-state index contributed by atoms with van der Waals surface area (Å²) in [5.41, 5.74) is 0.998. The highest BCUT2D eigenvalue weighted by atomic mass is 19.4. The van der Waals surface area contributed by atoms with Gasteiger partial charge in [-0.15, -0.1) is 0 Å². The van der Waals surface area contributed by atoms with Crippen LogP contribution in [0.2, 0.25) is 0 Å². The monoisotopic (exact) mass is 367 g/mol. The number of halogens is 3. The molecule has 2 heterocycles. The molecule has 1 aliphatic rings. The molecule has 138 valence electrons. The minimum atomic E-state index is -4.46. The molecule has 2 aromatic rings. The van der Waals surface area contributed by atoms with Crippen molar-refractivity contribution in [1.29, 1.82) is 0 Å². The number of likely N-dealkylation sites (tertiary alicyclic amines) is 1. The number of amides is 2.